The van der Waals surface area contributed by atoms with E-state index < -0.39 is 15.9 Å². The fraction of sp³-hybridized carbons (Fsp3) is 0.208. The Morgan fingerprint density at radius 2 is 1.45 bits per heavy atom. The lowest BCUT2D eigenvalue weighted by Gasteiger charge is -2.15. The van der Waals surface area contributed by atoms with Gasteiger partial charge in [-0.25, -0.2) is 8.42 Å². The monoisotopic (exact) mass is 470 g/mol. The number of para-hydroxylation sites is 3. The number of amides is 1. The molecule has 0 atom stereocenters. The van der Waals surface area contributed by atoms with Crippen LogP contribution >= 0.6 is 0 Å². The van der Waals surface area contributed by atoms with Crippen LogP contribution in [0.5, 0.6) is 17.2 Å². The first-order valence-corrected chi connectivity index (χ1v) is 11.8. The van der Waals surface area contributed by atoms with Crippen LogP contribution in [-0.4, -0.2) is 34.6 Å². The summed E-state index contributed by atoms with van der Waals surface area (Å²) in [6, 6.07) is 17.7. The standard InChI is InChI=1S/C24H26N2O6S/c1-4-31-22-15-14-17(16-23(22)32-5-2)33(28,29)26-19-11-7-6-10-18(19)24(27)25-20-12-8-9-13-21(20)30-3/h6-16,26H,4-5H2,1-3H3,(H,25,27). The van der Waals surface area contributed by atoms with Gasteiger partial charge in [-0.3, -0.25) is 9.52 Å². The summed E-state index contributed by atoms with van der Waals surface area (Å²) >= 11 is 0. The highest BCUT2D eigenvalue weighted by Crippen LogP contribution is 2.31. The zero-order valence-corrected chi connectivity index (χ0v) is 19.4. The topological polar surface area (TPSA) is 103 Å². The molecule has 9 heteroatoms. The molecule has 0 bridgehead atoms. The SMILES string of the molecule is CCOc1ccc(S(=O)(=O)Nc2ccccc2C(=O)Nc2ccccc2OC)cc1OCC. The molecule has 3 aromatic carbocycles. The molecule has 174 valence electrons. The van der Waals surface area contributed by atoms with Gasteiger partial charge in [-0.05, 0) is 50.2 Å². The van der Waals surface area contributed by atoms with E-state index in [1.807, 2.05) is 6.92 Å². The minimum absolute atomic E-state index is 0.0191. The van der Waals surface area contributed by atoms with Gasteiger partial charge in [0.1, 0.15) is 5.75 Å². The molecule has 0 radical (unpaired) electrons. The van der Waals surface area contributed by atoms with E-state index in [9.17, 15) is 13.2 Å². The molecule has 8 nitrogen and oxygen atoms in total. The average Bonchev–Trinajstić information content (AvgIpc) is 2.81. The molecule has 0 aliphatic carbocycles. The third-order valence-corrected chi connectivity index (χ3v) is 5.96. The van der Waals surface area contributed by atoms with E-state index in [0.29, 0.717) is 36.1 Å². The second-order valence-electron chi connectivity index (χ2n) is 6.78. The Kier molecular flexibility index (Phi) is 7.78. The molecule has 2 N–H and O–H groups in total. The molecule has 0 aliphatic rings. The summed E-state index contributed by atoms with van der Waals surface area (Å²) < 4.78 is 45.0. The Morgan fingerprint density at radius 3 is 2.15 bits per heavy atom. The molecule has 0 fully saturated rings. The van der Waals surface area contributed by atoms with Crippen molar-refractivity contribution in [2.24, 2.45) is 0 Å². The maximum absolute atomic E-state index is 13.1. The number of carbonyl (C=O) groups excluding carboxylic acids is 1. The quantitative estimate of drug-likeness (QED) is 0.451. The van der Waals surface area contributed by atoms with Crippen molar-refractivity contribution in [2.45, 2.75) is 18.7 Å². The molecule has 1 amide bonds. The van der Waals surface area contributed by atoms with E-state index in [4.69, 9.17) is 14.2 Å². The van der Waals surface area contributed by atoms with Gasteiger partial charge in [0, 0.05) is 6.07 Å². The van der Waals surface area contributed by atoms with Gasteiger partial charge in [-0.1, -0.05) is 24.3 Å². The highest BCUT2D eigenvalue weighted by Gasteiger charge is 2.21. The van der Waals surface area contributed by atoms with Crippen LogP contribution < -0.4 is 24.2 Å². The number of anilines is 2. The van der Waals surface area contributed by atoms with Gasteiger partial charge in [0.05, 0.1) is 42.2 Å². The Morgan fingerprint density at radius 1 is 0.818 bits per heavy atom. The Bertz CT molecular complexity index is 1230. The number of hydrogen-bond acceptors (Lipinski definition) is 6. The third-order valence-electron chi connectivity index (χ3n) is 4.60. The normalized spacial score (nSPS) is 10.9. The van der Waals surface area contributed by atoms with Crippen molar-refractivity contribution >= 4 is 27.3 Å². The molecule has 0 unspecified atom stereocenters. The molecule has 3 aromatic rings. The van der Waals surface area contributed by atoms with Crippen molar-refractivity contribution in [3.8, 4) is 17.2 Å². The molecule has 0 aromatic heterocycles. The first kappa shape index (κ1) is 23.9. The fourth-order valence-corrected chi connectivity index (χ4v) is 4.20. The molecular weight excluding hydrogens is 444 g/mol. The lowest BCUT2D eigenvalue weighted by atomic mass is 10.1. The first-order chi connectivity index (χ1) is 15.9. The van der Waals surface area contributed by atoms with Gasteiger partial charge in [0.25, 0.3) is 15.9 Å². The second kappa shape index (κ2) is 10.7. The van der Waals surface area contributed by atoms with E-state index in [0.717, 1.165) is 0 Å². The smallest absolute Gasteiger partial charge is 0.262 e. The van der Waals surface area contributed by atoms with E-state index in [1.54, 1.807) is 49.4 Å². The van der Waals surface area contributed by atoms with Crippen molar-refractivity contribution in [2.75, 3.05) is 30.4 Å². The largest absolute Gasteiger partial charge is 0.495 e. The number of benzene rings is 3. The lowest BCUT2D eigenvalue weighted by Crippen LogP contribution is -2.19. The van der Waals surface area contributed by atoms with E-state index >= 15 is 0 Å². The van der Waals surface area contributed by atoms with Crippen molar-refractivity contribution in [1.29, 1.82) is 0 Å². The zero-order chi connectivity index (χ0) is 23.8. The van der Waals surface area contributed by atoms with Crippen molar-refractivity contribution < 1.29 is 27.4 Å². The summed E-state index contributed by atoms with van der Waals surface area (Å²) in [4.78, 5) is 12.9. The minimum Gasteiger partial charge on any atom is -0.495 e. The summed E-state index contributed by atoms with van der Waals surface area (Å²) in [6.07, 6.45) is 0. The summed E-state index contributed by atoms with van der Waals surface area (Å²) in [7, 11) is -2.52. The number of nitrogens with one attached hydrogen (secondary N) is 2. The van der Waals surface area contributed by atoms with Crippen LogP contribution in [0.15, 0.2) is 71.6 Å². The van der Waals surface area contributed by atoms with Gasteiger partial charge in [0.2, 0.25) is 0 Å². The minimum atomic E-state index is -4.02. The van der Waals surface area contributed by atoms with Crippen LogP contribution in [-0.2, 0) is 10.0 Å². The maximum Gasteiger partial charge on any atom is 0.262 e. The highest BCUT2D eigenvalue weighted by atomic mass is 32.2. The van der Waals surface area contributed by atoms with E-state index in [-0.39, 0.29) is 16.1 Å². The first-order valence-electron chi connectivity index (χ1n) is 10.4. The number of carbonyl (C=O) groups is 1. The number of rotatable bonds is 10. The van der Waals surface area contributed by atoms with Crippen LogP contribution in [0.25, 0.3) is 0 Å². The second-order valence-corrected chi connectivity index (χ2v) is 8.46. The van der Waals surface area contributed by atoms with E-state index in [1.165, 1.54) is 31.4 Å². The van der Waals surface area contributed by atoms with E-state index in [2.05, 4.69) is 10.0 Å². The number of sulfonamides is 1. The fourth-order valence-electron chi connectivity index (χ4n) is 3.11. The molecule has 0 saturated carbocycles. The van der Waals surface area contributed by atoms with Gasteiger partial charge in [-0.15, -0.1) is 0 Å². The summed E-state index contributed by atoms with van der Waals surface area (Å²) in [6.45, 7) is 4.39. The van der Waals surface area contributed by atoms with Crippen molar-refractivity contribution in [3.05, 3.63) is 72.3 Å². The van der Waals surface area contributed by atoms with Crippen LogP contribution in [0.4, 0.5) is 11.4 Å². The maximum atomic E-state index is 13.1. The predicted molar refractivity (Wildman–Crippen MR) is 127 cm³/mol. The number of methoxy groups -OCH3 is 1. The molecule has 3 rings (SSSR count). The Balaban J connectivity index is 1.89. The predicted octanol–water partition coefficient (Wildman–Crippen LogP) is 4.55. The lowest BCUT2D eigenvalue weighted by molar-refractivity contribution is 0.102. The zero-order valence-electron chi connectivity index (χ0n) is 18.6. The summed E-state index contributed by atoms with van der Waals surface area (Å²) in [5.41, 5.74) is 0.759. The molecule has 0 aliphatic heterocycles. The van der Waals surface area contributed by atoms with Gasteiger partial charge >= 0.3 is 0 Å². The molecule has 0 saturated heterocycles. The van der Waals surface area contributed by atoms with Crippen LogP contribution in [0.2, 0.25) is 0 Å². The summed E-state index contributed by atoms with van der Waals surface area (Å²) in [5, 5.41) is 2.76. The summed E-state index contributed by atoms with van der Waals surface area (Å²) in [5.74, 6) is 0.778. The Labute approximate surface area is 193 Å². The molecule has 0 heterocycles. The Hall–Kier alpha value is -3.72. The van der Waals surface area contributed by atoms with Crippen LogP contribution in [0.3, 0.4) is 0 Å². The number of hydrogen-bond donors (Lipinski definition) is 2. The van der Waals surface area contributed by atoms with Crippen molar-refractivity contribution in [3.63, 3.8) is 0 Å². The van der Waals surface area contributed by atoms with Gasteiger partial charge in [-0.2, -0.15) is 0 Å². The average molecular weight is 471 g/mol. The van der Waals surface area contributed by atoms with Crippen molar-refractivity contribution in [1.82, 2.24) is 0 Å². The van der Waals surface area contributed by atoms with Crippen LogP contribution in [0, 0.1) is 0 Å². The third kappa shape index (κ3) is 5.75. The highest BCUT2D eigenvalue weighted by molar-refractivity contribution is 7.92. The van der Waals surface area contributed by atoms with Gasteiger partial charge in [0.15, 0.2) is 11.5 Å². The van der Waals surface area contributed by atoms with Gasteiger partial charge < -0.3 is 19.5 Å². The number of ether oxygens (including phenoxy) is 3. The molecule has 33 heavy (non-hydrogen) atoms. The van der Waals surface area contributed by atoms with Crippen LogP contribution in [0.1, 0.15) is 24.2 Å². The molecular formula is C24H26N2O6S. The molecule has 0 spiro atoms.